The van der Waals surface area contributed by atoms with Gasteiger partial charge in [0.2, 0.25) is 5.91 Å². The van der Waals surface area contributed by atoms with Crippen LogP contribution in [0.2, 0.25) is 0 Å². The van der Waals surface area contributed by atoms with E-state index in [2.05, 4.69) is 16.7 Å². The normalized spacial score (nSPS) is 17.4. The maximum Gasteiger partial charge on any atom is 0.246 e. The van der Waals surface area contributed by atoms with Crippen LogP contribution >= 0.6 is 11.8 Å². The molecule has 7 nitrogen and oxygen atoms in total. The fraction of sp³-hybridized carbons (Fsp3) is 0.393. The van der Waals surface area contributed by atoms with Crippen LogP contribution in [0.25, 0.3) is 17.1 Å². The van der Waals surface area contributed by atoms with Crippen molar-refractivity contribution in [1.29, 1.82) is 5.26 Å². The first-order chi connectivity index (χ1) is 17.5. The van der Waals surface area contributed by atoms with Gasteiger partial charge in [-0.05, 0) is 56.0 Å². The molecular formula is C28H30N4O3S. The molecule has 1 atom stereocenters. The number of nitrogens with zero attached hydrogens (tertiary/aromatic N) is 4. The van der Waals surface area contributed by atoms with Crippen molar-refractivity contribution in [3.05, 3.63) is 57.9 Å². The first kappa shape index (κ1) is 24.3. The zero-order valence-corrected chi connectivity index (χ0v) is 21.9. The number of rotatable bonds is 5. The van der Waals surface area contributed by atoms with Crippen LogP contribution in [-0.4, -0.2) is 59.2 Å². The van der Waals surface area contributed by atoms with Crippen molar-refractivity contribution < 1.29 is 14.3 Å². The number of pyridine rings is 1. The Labute approximate surface area is 215 Å². The van der Waals surface area contributed by atoms with Gasteiger partial charge in [-0.25, -0.2) is 4.98 Å². The van der Waals surface area contributed by atoms with E-state index in [0.29, 0.717) is 11.3 Å². The van der Waals surface area contributed by atoms with Crippen LogP contribution in [0.5, 0.6) is 11.5 Å². The number of carbonyl (C=O) groups is 1. The van der Waals surface area contributed by atoms with Crippen molar-refractivity contribution >= 4 is 34.8 Å². The highest BCUT2D eigenvalue weighted by Gasteiger charge is 2.32. The molecule has 3 aromatic rings. The van der Waals surface area contributed by atoms with E-state index < -0.39 is 0 Å². The molecule has 36 heavy (non-hydrogen) atoms. The van der Waals surface area contributed by atoms with Crippen molar-refractivity contribution in [2.24, 2.45) is 0 Å². The SMILES string of the molecule is COc1ccc2c(c1OC)CCC2n1c(/C=C/C(=O)N2CCSCC2)c(C#N)c2c(C)cc(C)nc21. The second-order valence-electron chi connectivity index (χ2n) is 9.22. The minimum Gasteiger partial charge on any atom is -0.493 e. The molecule has 1 aromatic carbocycles. The summed E-state index contributed by atoms with van der Waals surface area (Å²) in [7, 11) is 3.31. The molecule has 1 amide bonds. The maximum atomic E-state index is 13.0. The lowest BCUT2D eigenvalue weighted by Crippen LogP contribution is -2.36. The number of carbonyl (C=O) groups excluding carboxylic acids is 1. The highest BCUT2D eigenvalue weighted by atomic mass is 32.2. The molecule has 3 heterocycles. The summed E-state index contributed by atoms with van der Waals surface area (Å²) in [4.78, 5) is 19.8. The van der Waals surface area contributed by atoms with Crippen molar-refractivity contribution in [2.75, 3.05) is 38.8 Å². The third kappa shape index (κ3) is 4.01. The largest absolute Gasteiger partial charge is 0.493 e. The Balaban J connectivity index is 1.70. The fourth-order valence-electron chi connectivity index (χ4n) is 5.58. The topological polar surface area (TPSA) is 80.4 Å². The van der Waals surface area contributed by atoms with Crippen LogP contribution in [0.15, 0.2) is 24.3 Å². The second kappa shape index (κ2) is 9.90. The first-order valence-electron chi connectivity index (χ1n) is 12.2. The molecule has 1 aliphatic heterocycles. The Morgan fingerprint density at radius 1 is 1.22 bits per heavy atom. The number of thioether (sulfide) groups is 1. The number of nitriles is 1. The Morgan fingerprint density at radius 2 is 2.00 bits per heavy atom. The number of aromatic nitrogens is 2. The van der Waals surface area contributed by atoms with Crippen molar-refractivity contribution in [2.45, 2.75) is 32.7 Å². The first-order valence-corrected chi connectivity index (χ1v) is 13.3. The highest BCUT2D eigenvalue weighted by molar-refractivity contribution is 7.99. The van der Waals surface area contributed by atoms with Crippen molar-refractivity contribution in [1.82, 2.24) is 14.5 Å². The third-order valence-corrected chi connectivity index (χ3v) is 8.10. The molecule has 0 bridgehead atoms. The molecule has 2 aromatic heterocycles. The molecular weight excluding hydrogens is 472 g/mol. The molecule has 0 radical (unpaired) electrons. The standard InChI is InChI=1S/C28H30N4O3S/c1-17-15-18(2)30-28-26(17)21(16-29)23(8-10-25(33)31-11-13-36-14-12-31)32(28)22-7-5-20-19(22)6-9-24(34-3)27(20)35-4/h6,8-10,15,22H,5,7,11-14H2,1-4H3/b10-8+. The lowest BCUT2D eigenvalue weighted by Gasteiger charge is -2.25. The van der Waals surface area contributed by atoms with Crippen LogP contribution < -0.4 is 9.47 Å². The lowest BCUT2D eigenvalue weighted by molar-refractivity contribution is -0.125. The van der Waals surface area contributed by atoms with E-state index in [1.165, 1.54) is 0 Å². The number of methoxy groups -OCH3 is 2. The van der Waals surface area contributed by atoms with E-state index in [4.69, 9.17) is 14.5 Å². The number of ether oxygens (including phenoxy) is 2. The zero-order valence-electron chi connectivity index (χ0n) is 21.1. The summed E-state index contributed by atoms with van der Waals surface area (Å²) in [6.45, 7) is 5.49. The van der Waals surface area contributed by atoms with Crippen molar-refractivity contribution in [3.63, 3.8) is 0 Å². The van der Waals surface area contributed by atoms with Gasteiger partial charge in [0.25, 0.3) is 0 Å². The molecule has 0 saturated carbocycles. The monoisotopic (exact) mass is 502 g/mol. The van der Waals surface area contributed by atoms with Gasteiger partial charge in [0.15, 0.2) is 11.5 Å². The van der Waals surface area contributed by atoms with Gasteiger partial charge in [-0.2, -0.15) is 17.0 Å². The Morgan fingerprint density at radius 3 is 2.69 bits per heavy atom. The smallest absolute Gasteiger partial charge is 0.246 e. The van der Waals surface area contributed by atoms with Gasteiger partial charge in [0.05, 0.1) is 31.5 Å². The third-order valence-electron chi connectivity index (χ3n) is 7.16. The van der Waals surface area contributed by atoms with Gasteiger partial charge in [0.1, 0.15) is 11.7 Å². The molecule has 0 spiro atoms. The van der Waals surface area contributed by atoms with Crippen LogP contribution in [-0.2, 0) is 11.2 Å². The lowest BCUT2D eigenvalue weighted by atomic mass is 10.1. The van der Waals surface area contributed by atoms with Crippen molar-refractivity contribution in [3.8, 4) is 17.6 Å². The van der Waals surface area contributed by atoms with Gasteiger partial charge in [-0.3, -0.25) is 4.79 Å². The quantitative estimate of drug-likeness (QED) is 0.472. The predicted octanol–water partition coefficient (Wildman–Crippen LogP) is 4.67. The molecule has 5 rings (SSSR count). The van der Waals surface area contributed by atoms with E-state index in [1.807, 2.05) is 48.7 Å². The van der Waals surface area contributed by atoms with Crippen LogP contribution in [0.4, 0.5) is 0 Å². The summed E-state index contributed by atoms with van der Waals surface area (Å²) in [5.41, 5.74) is 6.20. The Kier molecular flexibility index (Phi) is 6.67. The summed E-state index contributed by atoms with van der Waals surface area (Å²) in [5.74, 6) is 3.35. The average Bonchev–Trinajstić information content (AvgIpc) is 3.45. The fourth-order valence-corrected chi connectivity index (χ4v) is 6.48. The number of hydrogen-bond acceptors (Lipinski definition) is 6. The van der Waals surface area contributed by atoms with Gasteiger partial charge in [0, 0.05) is 47.3 Å². The van der Waals surface area contributed by atoms with Gasteiger partial charge in [-0.15, -0.1) is 0 Å². The van der Waals surface area contributed by atoms with E-state index in [1.54, 1.807) is 20.3 Å². The summed E-state index contributed by atoms with van der Waals surface area (Å²) in [6, 6.07) is 8.41. The molecule has 0 N–H and O–H groups in total. The summed E-state index contributed by atoms with van der Waals surface area (Å²) in [6.07, 6.45) is 5.09. The molecule has 1 aliphatic carbocycles. The Bertz CT molecular complexity index is 1410. The Hall–Kier alpha value is -3.44. The van der Waals surface area contributed by atoms with E-state index in [9.17, 15) is 10.1 Å². The zero-order chi connectivity index (χ0) is 25.4. The van der Waals surface area contributed by atoms with Gasteiger partial charge in [-0.1, -0.05) is 6.07 Å². The minimum atomic E-state index is -0.0424. The molecule has 186 valence electrons. The maximum absolute atomic E-state index is 13.0. The summed E-state index contributed by atoms with van der Waals surface area (Å²) >= 11 is 1.87. The predicted molar refractivity (Wildman–Crippen MR) is 143 cm³/mol. The molecule has 1 saturated heterocycles. The number of fused-ring (bicyclic) bond motifs is 2. The molecule has 1 unspecified atom stereocenters. The second-order valence-corrected chi connectivity index (χ2v) is 10.4. The van der Waals surface area contributed by atoms with Crippen LogP contribution in [0.3, 0.4) is 0 Å². The van der Waals surface area contributed by atoms with E-state index in [-0.39, 0.29) is 11.9 Å². The highest BCUT2D eigenvalue weighted by Crippen LogP contribution is 2.46. The number of amides is 1. The molecule has 8 heteroatoms. The molecule has 2 aliphatic rings. The summed E-state index contributed by atoms with van der Waals surface area (Å²) < 4.78 is 13.4. The molecule has 1 fully saturated rings. The summed E-state index contributed by atoms with van der Waals surface area (Å²) in [5, 5.41) is 11.1. The van der Waals surface area contributed by atoms with Gasteiger partial charge < -0.3 is 18.9 Å². The number of benzene rings is 1. The number of hydrogen-bond donors (Lipinski definition) is 0. The number of aryl methyl sites for hydroxylation is 2. The average molecular weight is 503 g/mol. The van der Waals surface area contributed by atoms with E-state index in [0.717, 1.165) is 82.3 Å². The minimum absolute atomic E-state index is 0.0184. The van der Waals surface area contributed by atoms with Gasteiger partial charge >= 0.3 is 0 Å². The van der Waals surface area contributed by atoms with Crippen LogP contribution in [0.1, 0.15) is 46.1 Å². The van der Waals surface area contributed by atoms with Crippen LogP contribution in [0, 0.1) is 25.2 Å². The van der Waals surface area contributed by atoms with E-state index >= 15 is 0 Å².